The monoisotopic (exact) mass is 433 g/mol. The van der Waals surface area contributed by atoms with Gasteiger partial charge in [0.25, 0.3) is 11.7 Å². The smallest absolute Gasteiger partial charge is 0.300 e. The number of rotatable bonds is 5. The molecule has 4 rings (SSSR count). The number of aliphatic hydroxyl groups excluding tert-OH is 1. The van der Waals surface area contributed by atoms with Gasteiger partial charge in [0, 0.05) is 11.3 Å². The van der Waals surface area contributed by atoms with Gasteiger partial charge in [-0.2, -0.15) is 0 Å². The maximum absolute atomic E-state index is 13.5. The van der Waals surface area contributed by atoms with E-state index in [0.717, 1.165) is 0 Å². The number of halogens is 1. The second-order valence-electron chi connectivity index (χ2n) is 7.20. The van der Waals surface area contributed by atoms with Crippen LogP contribution in [0.4, 0.5) is 10.1 Å². The molecular weight excluding hydrogens is 413 g/mol. The number of benzene rings is 3. The predicted octanol–water partition coefficient (Wildman–Crippen LogP) is 4.56. The van der Waals surface area contributed by atoms with E-state index >= 15 is 0 Å². The number of carbonyl (C=O) groups is 2. The molecule has 1 atom stereocenters. The molecule has 3 aromatic carbocycles. The predicted molar refractivity (Wildman–Crippen MR) is 117 cm³/mol. The number of hydrogen-bond donors (Lipinski definition) is 2. The number of nitrogens with zero attached hydrogens (tertiary/aromatic N) is 1. The van der Waals surface area contributed by atoms with Gasteiger partial charge in [-0.25, -0.2) is 4.39 Å². The van der Waals surface area contributed by atoms with Crippen molar-refractivity contribution in [2.45, 2.75) is 13.0 Å². The van der Waals surface area contributed by atoms with Crippen LogP contribution in [-0.4, -0.2) is 28.5 Å². The van der Waals surface area contributed by atoms with Crippen LogP contribution >= 0.6 is 0 Å². The van der Waals surface area contributed by atoms with Gasteiger partial charge in [-0.15, -0.1) is 0 Å². The summed E-state index contributed by atoms with van der Waals surface area (Å²) in [4.78, 5) is 27.3. The normalized spacial score (nSPS) is 17.6. The highest BCUT2D eigenvalue weighted by Gasteiger charge is 2.47. The molecule has 162 valence electrons. The lowest BCUT2D eigenvalue weighted by Gasteiger charge is -2.25. The fourth-order valence-corrected chi connectivity index (χ4v) is 3.73. The number of anilines is 1. The van der Waals surface area contributed by atoms with Crippen LogP contribution in [0.5, 0.6) is 11.5 Å². The second kappa shape index (κ2) is 8.55. The molecule has 1 unspecified atom stereocenters. The average Bonchev–Trinajstić information content (AvgIpc) is 3.05. The molecule has 6 nitrogen and oxygen atoms in total. The Kier molecular flexibility index (Phi) is 5.64. The summed E-state index contributed by atoms with van der Waals surface area (Å²) in [5.41, 5.74) is 0.998. The third-order valence-electron chi connectivity index (χ3n) is 5.18. The zero-order chi connectivity index (χ0) is 22.8. The number of carbonyl (C=O) groups excluding carboxylic acids is 2. The standard InChI is InChI=1S/C25H20FNO5/c1-2-32-20-5-3-4-16(14-20)23(29)21-22(15-6-12-19(28)13-7-15)27(25(31)24(21)30)18-10-8-17(26)9-11-18/h3-14,22,28-29H,2H2,1H3/b23-21-. The molecule has 3 aromatic rings. The largest absolute Gasteiger partial charge is 0.508 e. The first-order valence-corrected chi connectivity index (χ1v) is 9.99. The summed E-state index contributed by atoms with van der Waals surface area (Å²) < 4.78 is 19.0. The minimum atomic E-state index is -0.975. The number of Topliss-reactive ketones (excluding diaryl/α,β-unsaturated/α-hetero) is 1. The maximum atomic E-state index is 13.5. The molecule has 0 radical (unpaired) electrons. The Morgan fingerprint density at radius 1 is 1.03 bits per heavy atom. The average molecular weight is 433 g/mol. The van der Waals surface area contributed by atoms with Crippen molar-refractivity contribution in [1.82, 2.24) is 0 Å². The third-order valence-corrected chi connectivity index (χ3v) is 5.18. The van der Waals surface area contributed by atoms with Gasteiger partial charge in [0.15, 0.2) is 0 Å². The zero-order valence-electron chi connectivity index (χ0n) is 17.2. The van der Waals surface area contributed by atoms with Crippen molar-refractivity contribution in [1.29, 1.82) is 0 Å². The highest BCUT2D eigenvalue weighted by molar-refractivity contribution is 6.51. The third kappa shape index (κ3) is 3.80. The maximum Gasteiger partial charge on any atom is 0.300 e. The minimum absolute atomic E-state index is 0.0110. The molecule has 32 heavy (non-hydrogen) atoms. The fraction of sp³-hybridized carbons (Fsp3) is 0.120. The van der Waals surface area contributed by atoms with Gasteiger partial charge >= 0.3 is 0 Å². The highest BCUT2D eigenvalue weighted by Crippen LogP contribution is 2.42. The van der Waals surface area contributed by atoms with Crippen molar-refractivity contribution in [2.75, 3.05) is 11.5 Å². The fourth-order valence-electron chi connectivity index (χ4n) is 3.73. The quantitative estimate of drug-likeness (QED) is 0.350. The number of phenols is 1. The lowest BCUT2D eigenvalue weighted by atomic mass is 9.95. The Morgan fingerprint density at radius 2 is 1.72 bits per heavy atom. The van der Waals surface area contributed by atoms with Crippen molar-refractivity contribution in [3.8, 4) is 11.5 Å². The van der Waals surface area contributed by atoms with Crippen LogP contribution in [0.1, 0.15) is 24.1 Å². The van der Waals surface area contributed by atoms with Gasteiger partial charge in [-0.3, -0.25) is 14.5 Å². The summed E-state index contributed by atoms with van der Waals surface area (Å²) in [6.45, 7) is 2.25. The number of ether oxygens (including phenoxy) is 1. The summed E-state index contributed by atoms with van der Waals surface area (Å²) in [5, 5.41) is 20.8. The molecule has 7 heteroatoms. The first-order valence-electron chi connectivity index (χ1n) is 9.99. The molecule has 1 saturated heterocycles. The Labute approximate surface area is 183 Å². The Morgan fingerprint density at radius 3 is 2.38 bits per heavy atom. The molecule has 1 amide bonds. The van der Waals surface area contributed by atoms with Crippen molar-refractivity contribution < 1.29 is 28.9 Å². The molecule has 0 spiro atoms. The van der Waals surface area contributed by atoms with E-state index in [4.69, 9.17) is 4.74 Å². The van der Waals surface area contributed by atoms with Crippen LogP contribution in [0.15, 0.2) is 78.4 Å². The Hall–Kier alpha value is -4.13. The second-order valence-corrected chi connectivity index (χ2v) is 7.20. The molecule has 1 aliphatic heterocycles. The summed E-state index contributed by atoms with van der Waals surface area (Å²) >= 11 is 0. The molecule has 0 aromatic heterocycles. The van der Waals surface area contributed by atoms with Crippen molar-refractivity contribution in [3.63, 3.8) is 0 Å². The molecule has 0 bridgehead atoms. The molecule has 0 saturated carbocycles. The number of ketones is 1. The van der Waals surface area contributed by atoms with Gasteiger partial charge in [0.1, 0.15) is 23.1 Å². The van der Waals surface area contributed by atoms with E-state index in [9.17, 15) is 24.2 Å². The van der Waals surface area contributed by atoms with Crippen molar-refractivity contribution in [2.24, 2.45) is 0 Å². The van der Waals surface area contributed by atoms with E-state index in [1.54, 1.807) is 36.4 Å². The van der Waals surface area contributed by atoms with E-state index in [1.807, 2.05) is 6.92 Å². The Balaban J connectivity index is 1.91. The summed E-state index contributed by atoms with van der Waals surface area (Å²) in [5.74, 6) is -2.04. The topological polar surface area (TPSA) is 87.1 Å². The van der Waals surface area contributed by atoms with Gasteiger partial charge in [0.2, 0.25) is 0 Å². The van der Waals surface area contributed by atoms with E-state index in [0.29, 0.717) is 29.2 Å². The van der Waals surface area contributed by atoms with Gasteiger partial charge in [-0.1, -0.05) is 24.3 Å². The number of hydrogen-bond acceptors (Lipinski definition) is 5. The summed E-state index contributed by atoms with van der Waals surface area (Å²) in [7, 11) is 0. The molecule has 2 N–H and O–H groups in total. The van der Waals surface area contributed by atoms with Crippen LogP contribution in [-0.2, 0) is 9.59 Å². The van der Waals surface area contributed by atoms with E-state index in [1.165, 1.54) is 41.3 Å². The summed E-state index contributed by atoms with van der Waals surface area (Å²) in [6.07, 6.45) is 0. The highest BCUT2D eigenvalue weighted by atomic mass is 19.1. The lowest BCUT2D eigenvalue weighted by molar-refractivity contribution is -0.132. The van der Waals surface area contributed by atoms with Gasteiger partial charge < -0.3 is 14.9 Å². The van der Waals surface area contributed by atoms with Crippen LogP contribution in [0, 0.1) is 5.82 Å². The molecule has 1 aliphatic rings. The van der Waals surface area contributed by atoms with Crippen molar-refractivity contribution >= 4 is 23.1 Å². The first-order chi connectivity index (χ1) is 15.4. The number of aromatic hydroxyl groups is 1. The van der Waals surface area contributed by atoms with Crippen LogP contribution < -0.4 is 9.64 Å². The summed E-state index contributed by atoms with van der Waals surface area (Å²) in [6, 6.07) is 16.7. The zero-order valence-corrected chi connectivity index (χ0v) is 17.2. The molecule has 0 aliphatic carbocycles. The Bertz CT molecular complexity index is 1200. The van der Waals surface area contributed by atoms with Crippen molar-refractivity contribution in [3.05, 3.63) is 95.3 Å². The number of aliphatic hydroxyl groups is 1. The molecule has 1 fully saturated rings. The van der Waals surface area contributed by atoms with E-state index in [2.05, 4.69) is 0 Å². The van der Waals surface area contributed by atoms with Crippen LogP contribution in [0.3, 0.4) is 0 Å². The SMILES string of the molecule is CCOc1cccc(/C(O)=C2/C(=O)C(=O)N(c3ccc(F)cc3)C2c2ccc(O)cc2)c1. The van der Waals surface area contributed by atoms with Gasteiger partial charge in [0.05, 0.1) is 18.2 Å². The number of amides is 1. The van der Waals surface area contributed by atoms with E-state index < -0.39 is 23.5 Å². The van der Waals surface area contributed by atoms with Crippen LogP contribution in [0.25, 0.3) is 5.76 Å². The molecule has 1 heterocycles. The van der Waals surface area contributed by atoms with Crippen LogP contribution in [0.2, 0.25) is 0 Å². The number of phenolic OH excluding ortho intramolecular Hbond substituents is 1. The molecular formula is C25H20FNO5. The van der Waals surface area contributed by atoms with Gasteiger partial charge in [-0.05, 0) is 61.0 Å². The lowest BCUT2D eigenvalue weighted by Crippen LogP contribution is -2.29. The minimum Gasteiger partial charge on any atom is -0.508 e. The first kappa shape index (κ1) is 21.1. The van der Waals surface area contributed by atoms with E-state index in [-0.39, 0.29) is 17.1 Å².